The molecule has 6 heteroatoms. The second-order valence-corrected chi connectivity index (χ2v) is 9.63. The van der Waals surface area contributed by atoms with Gasteiger partial charge in [-0.15, -0.1) is 0 Å². The van der Waals surface area contributed by atoms with Crippen LogP contribution in [0.1, 0.15) is 52.2 Å². The van der Waals surface area contributed by atoms with E-state index in [1.165, 1.54) is 4.31 Å². The van der Waals surface area contributed by atoms with Crippen molar-refractivity contribution in [3.63, 3.8) is 0 Å². The van der Waals surface area contributed by atoms with Crippen molar-refractivity contribution in [2.24, 2.45) is 11.8 Å². The molecular formula is C20H34N2O3S. The van der Waals surface area contributed by atoms with E-state index in [4.69, 9.17) is 0 Å². The van der Waals surface area contributed by atoms with Gasteiger partial charge in [-0.1, -0.05) is 40.7 Å². The Morgan fingerprint density at radius 3 is 2.00 bits per heavy atom. The average Bonchev–Trinajstić information content (AvgIpc) is 2.50. The number of hydrogen-bond donors (Lipinski definition) is 1. The number of amides is 1. The summed E-state index contributed by atoms with van der Waals surface area (Å²) in [6.45, 7) is 14.0. The summed E-state index contributed by atoms with van der Waals surface area (Å²) >= 11 is 0. The quantitative estimate of drug-likeness (QED) is 0.746. The number of nitrogens with zero attached hydrogens (tertiary/aromatic N) is 1. The molecule has 1 aromatic carbocycles. The number of carbonyl (C=O) groups is 1. The summed E-state index contributed by atoms with van der Waals surface area (Å²) < 4.78 is 26.3. The summed E-state index contributed by atoms with van der Waals surface area (Å²) in [5, 5.41) is 3.07. The summed E-state index contributed by atoms with van der Waals surface area (Å²) in [6, 6.07) is 4.71. The molecule has 0 fully saturated rings. The van der Waals surface area contributed by atoms with Gasteiger partial charge in [0.1, 0.15) is 6.04 Å². The monoisotopic (exact) mass is 382 g/mol. The van der Waals surface area contributed by atoms with E-state index in [9.17, 15) is 13.2 Å². The summed E-state index contributed by atoms with van der Waals surface area (Å²) in [6.07, 6.45) is 1.55. The smallest absolute Gasteiger partial charge is 0.244 e. The molecule has 0 heterocycles. The molecule has 0 aliphatic carbocycles. The van der Waals surface area contributed by atoms with Crippen LogP contribution in [-0.4, -0.2) is 32.7 Å². The van der Waals surface area contributed by atoms with Crippen molar-refractivity contribution in [2.75, 3.05) is 10.6 Å². The van der Waals surface area contributed by atoms with Crippen LogP contribution < -0.4 is 9.62 Å². The molecule has 0 bridgehead atoms. The number of sulfonamides is 1. The van der Waals surface area contributed by atoms with Crippen LogP contribution in [0.15, 0.2) is 18.2 Å². The van der Waals surface area contributed by atoms with Crippen LogP contribution >= 0.6 is 0 Å². The molecule has 1 N–H and O–H groups in total. The number of nitrogens with one attached hydrogen (secondary N) is 1. The second-order valence-electron chi connectivity index (χ2n) is 7.77. The molecule has 0 aliphatic heterocycles. The molecule has 0 aromatic heterocycles. The normalized spacial score (nSPS) is 13.3. The fraction of sp³-hybridized carbons (Fsp3) is 0.650. The van der Waals surface area contributed by atoms with Crippen molar-refractivity contribution < 1.29 is 13.2 Å². The number of anilines is 1. The lowest BCUT2D eigenvalue weighted by molar-refractivity contribution is -0.123. The summed E-state index contributed by atoms with van der Waals surface area (Å²) in [4.78, 5) is 13.0. The second kappa shape index (κ2) is 8.89. The lowest BCUT2D eigenvalue weighted by Gasteiger charge is -2.33. The van der Waals surface area contributed by atoms with Gasteiger partial charge in [-0.3, -0.25) is 9.10 Å². The van der Waals surface area contributed by atoms with E-state index in [0.717, 1.165) is 17.4 Å². The highest BCUT2D eigenvalue weighted by molar-refractivity contribution is 7.92. The van der Waals surface area contributed by atoms with Crippen molar-refractivity contribution >= 4 is 21.6 Å². The standard InChI is InChI=1S/C20H34N2O3S/c1-9-18(20(23)21-19(13(2)3)14(4)5)22(26(8,24)25)17-11-10-15(6)16(7)12-17/h10-14,18-19H,9H2,1-8H3,(H,21,23)/t18-/m0/s1. The van der Waals surface area contributed by atoms with E-state index < -0.39 is 16.1 Å². The zero-order valence-corrected chi connectivity index (χ0v) is 18.1. The number of rotatable bonds is 8. The minimum Gasteiger partial charge on any atom is -0.351 e. The first-order chi connectivity index (χ1) is 11.9. The first-order valence-corrected chi connectivity index (χ1v) is 11.1. The number of benzene rings is 1. The summed E-state index contributed by atoms with van der Waals surface area (Å²) in [5.41, 5.74) is 2.61. The molecule has 1 rings (SSSR count). The third-order valence-electron chi connectivity index (χ3n) is 4.82. The van der Waals surface area contributed by atoms with Gasteiger partial charge in [-0.25, -0.2) is 8.42 Å². The number of carbonyl (C=O) groups excluding carboxylic acids is 1. The Hall–Kier alpha value is -1.56. The van der Waals surface area contributed by atoms with E-state index in [-0.39, 0.29) is 23.8 Å². The van der Waals surface area contributed by atoms with Crippen molar-refractivity contribution in [1.29, 1.82) is 0 Å². The van der Waals surface area contributed by atoms with E-state index in [2.05, 4.69) is 33.0 Å². The molecule has 1 atom stereocenters. The Morgan fingerprint density at radius 2 is 1.62 bits per heavy atom. The van der Waals surface area contributed by atoms with Gasteiger partial charge in [-0.2, -0.15) is 0 Å². The Kier molecular flexibility index (Phi) is 7.69. The highest BCUT2D eigenvalue weighted by atomic mass is 32.2. The van der Waals surface area contributed by atoms with Gasteiger partial charge in [0.15, 0.2) is 0 Å². The first-order valence-electron chi connectivity index (χ1n) is 9.27. The molecule has 0 spiro atoms. The average molecular weight is 383 g/mol. The van der Waals surface area contributed by atoms with Crippen LogP contribution in [0.25, 0.3) is 0 Å². The fourth-order valence-electron chi connectivity index (χ4n) is 3.29. The molecule has 0 saturated heterocycles. The molecule has 5 nitrogen and oxygen atoms in total. The van der Waals surface area contributed by atoms with E-state index in [1.54, 1.807) is 6.07 Å². The summed E-state index contributed by atoms with van der Waals surface area (Å²) in [5.74, 6) is 0.290. The van der Waals surface area contributed by atoms with Crippen LogP contribution in [-0.2, 0) is 14.8 Å². The molecule has 148 valence electrons. The maximum atomic E-state index is 13.0. The summed E-state index contributed by atoms with van der Waals surface area (Å²) in [7, 11) is -3.61. The predicted molar refractivity (Wildman–Crippen MR) is 109 cm³/mol. The lowest BCUT2D eigenvalue weighted by Crippen LogP contribution is -2.53. The Balaban J connectivity index is 3.30. The predicted octanol–water partition coefficient (Wildman–Crippen LogP) is 3.64. The van der Waals surface area contributed by atoms with Crippen molar-refractivity contribution in [2.45, 2.75) is 67.0 Å². The highest BCUT2D eigenvalue weighted by Crippen LogP contribution is 2.25. The van der Waals surface area contributed by atoms with Crippen LogP contribution in [0.5, 0.6) is 0 Å². The fourth-order valence-corrected chi connectivity index (χ4v) is 4.49. The van der Waals surface area contributed by atoms with Crippen molar-refractivity contribution in [3.8, 4) is 0 Å². The van der Waals surface area contributed by atoms with Gasteiger partial charge in [-0.05, 0) is 55.4 Å². The van der Waals surface area contributed by atoms with Crippen LogP contribution in [0.4, 0.5) is 5.69 Å². The lowest BCUT2D eigenvalue weighted by atomic mass is 9.93. The van der Waals surface area contributed by atoms with Crippen molar-refractivity contribution in [1.82, 2.24) is 5.32 Å². The van der Waals surface area contributed by atoms with Gasteiger partial charge in [0, 0.05) is 6.04 Å². The largest absolute Gasteiger partial charge is 0.351 e. The Bertz CT molecular complexity index is 719. The Morgan fingerprint density at radius 1 is 1.08 bits per heavy atom. The molecule has 0 aliphatic rings. The topological polar surface area (TPSA) is 66.5 Å². The highest BCUT2D eigenvalue weighted by Gasteiger charge is 2.33. The molecular weight excluding hydrogens is 348 g/mol. The third kappa shape index (κ3) is 5.47. The van der Waals surface area contributed by atoms with Gasteiger partial charge in [0.25, 0.3) is 0 Å². The SMILES string of the molecule is CC[C@@H](C(=O)NC(C(C)C)C(C)C)N(c1ccc(C)c(C)c1)S(C)(=O)=O. The maximum absolute atomic E-state index is 13.0. The number of aryl methyl sites for hydroxylation is 2. The Labute approximate surface area is 159 Å². The first kappa shape index (κ1) is 22.5. The van der Waals surface area contributed by atoms with E-state index >= 15 is 0 Å². The van der Waals surface area contributed by atoms with Crippen molar-refractivity contribution in [3.05, 3.63) is 29.3 Å². The maximum Gasteiger partial charge on any atom is 0.244 e. The molecule has 1 aromatic rings. The van der Waals surface area contributed by atoms with Gasteiger partial charge >= 0.3 is 0 Å². The zero-order valence-electron chi connectivity index (χ0n) is 17.3. The minimum absolute atomic E-state index is 0.00212. The number of hydrogen-bond acceptors (Lipinski definition) is 3. The third-order valence-corrected chi connectivity index (χ3v) is 6.00. The van der Waals surface area contributed by atoms with Gasteiger partial charge < -0.3 is 5.32 Å². The molecule has 0 saturated carbocycles. The molecule has 0 unspecified atom stereocenters. The van der Waals surface area contributed by atoms with Crippen LogP contribution in [0.3, 0.4) is 0 Å². The van der Waals surface area contributed by atoms with Gasteiger partial charge in [0.2, 0.25) is 15.9 Å². The molecule has 0 radical (unpaired) electrons. The van der Waals surface area contributed by atoms with E-state index in [1.807, 2.05) is 32.9 Å². The van der Waals surface area contributed by atoms with Crippen LogP contribution in [0, 0.1) is 25.7 Å². The van der Waals surface area contributed by atoms with Gasteiger partial charge in [0.05, 0.1) is 11.9 Å². The molecule has 26 heavy (non-hydrogen) atoms. The minimum atomic E-state index is -3.61. The zero-order chi connectivity index (χ0) is 20.2. The molecule has 1 amide bonds. The van der Waals surface area contributed by atoms with Crippen LogP contribution in [0.2, 0.25) is 0 Å². The van der Waals surface area contributed by atoms with E-state index in [0.29, 0.717) is 12.1 Å².